The van der Waals surface area contributed by atoms with Crippen LogP contribution in [0.5, 0.6) is 0 Å². The number of nitrogens with two attached hydrogens (primary N) is 1. The average Bonchev–Trinajstić information content (AvgIpc) is 2.37. The first kappa shape index (κ1) is 18.7. The van der Waals surface area contributed by atoms with E-state index in [0.717, 1.165) is 0 Å². The van der Waals surface area contributed by atoms with Gasteiger partial charge in [0.1, 0.15) is 0 Å². The number of nitrogens with one attached hydrogen (secondary N) is 1. The zero-order valence-electron chi connectivity index (χ0n) is 11.5. The SMILES string of the molecule is CN(C)C(=O)c1cc(NC(=O)CCCN)ccc1Cl.Cl. The summed E-state index contributed by atoms with van der Waals surface area (Å²) in [6.45, 7) is 0.471. The van der Waals surface area contributed by atoms with Gasteiger partial charge in [-0.15, -0.1) is 12.4 Å². The molecule has 0 heterocycles. The lowest BCUT2D eigenvalue weighted by atomic mass is 10.1. The van der Waals surface area contributed by atoms with Crippen molar-refractivity contribution in [2.24, 2.45) is 5.73 Å². The van der Waals surface area contributed by atoms with E-state index in [1.54, 1.807) is 32.3 Å². The standard InChI is InChI=1S/C13H18ClN3O2.ClH/c1-17(2)13(19)10-8-9(5-6-11(10)14)16-12(18)4-3-7-15;/h5-6,8H,3-4,7,15H2,1-2H3,(H,16,18);1H. The van der Waals surface area contributed by atoms with Gasteiger partial charge >= 0.3 is 0 Å². The number of carbonyl (C=O) groups excluding carboxylic acids is 2. The summed E-state index contributed by atoms with van der Waals surface area (Å²) >= 11 is 5.98. The lowest BCUT2D eigenvalue weighted by Gasteiger charge is -2.13. The summed E-state index contributed by atoms with van der Waals surface area (Å²) in [5.74, 6) is -0.334. The molecule has 2 amide bonds. The fourth-order valence-electron chi connectivity index (χ4n) is 1.49. The van der Waals surface area contributed by atoms with E-state index in [2.05, 4.69) is 5.32 Å². The summed E-state index contributed by atoms with van der Waals surface area (Å²) in [5.41, 5.74) is 6.26. The van der Waals surface area contributed by atoms with Crippen molar-refractivity contribution in [1.82, 2.24) is 4.90 Å². The smallest absolute Gasteiger partial charge is 0.254 e. The first-order valence-corrected chi connectivity index (χ1v) is 6.34. The van der Waals surface area contributed by atoms with Crippen LogP contribution in [0.15, 0.2) is 18.2 Å². The summed E-state index contributed by atoms with van der Waals surface area (Å²) in [6, 6.07) is 4.83. The van der Waals surface area contributed by atoms with E-state index in [9.17, 15) is 9.59 Å². The minimum atomic E-state index is -0.206. The summed E-state index contributed by atoms with van der Waals surface area (Å²) in [7, 11) is 3.29. The van der Waals surface area contributed by atoms with E-state index < -0.39 is 0 Å². The Kier molecular flexibility index (Phi) is 8.22. The van der Waals surface area contributed by atoms with Crippen LogP contribution in [-0.2, 0) is 4.79 Å². The number of carbonyl (C=O) groups is 2. The predicted molar refractivity (Wildman–Crippen MR) is 83.6 cm³/mol. The van der Waals surface area contributed by atoms with E-state index in [4.69, 9.17) is 17.3 Å². The molecule has 0 bridgehead atoms. The average molecular weight is 320 g/mol. The van der Waals surface area contributed by atoms with Gasteiger partial charge in [-0.25, -0.2) is 0 Å². The quantitative estimate of drug-likeness (QED) is 0.873. The van der Waals surface area contributed by atoms with Crippen LogP contribution >= 0.6 is 24.0 Å². The van der Waals surface area contributed by atoms with Crippen molar-refractivity contribution in [3.63, 3.8) is 0 Å². The number of benzene rings is 1. The van der Waals surface area contributed by atoms with Gasteiger partial charge in [0.15, 0.2) is 0 Å². The summed E-state index contributed by atoms with van der Waals surface area (Å²) in [5, 5.41) is 3.07. The molecule has 0 radical (unpaired) electrons. The predicted octanol–water partition coefficient (Wildman–Crippen LogP) is 2.14. The number of hydrogen-bond acceptors (Lipinski definition) is 3. The van der Waals surface area contributed by atoms with Crippen LogP contribution in [0.2, 0.25) is 5.02 Å². The highest BCUT2D eigenvalue weighted by Gasteiger charge is 2.13. The molecule has 0 aromatic heterocycles. The van der Waals surface area contributed by atoms with Gasteiger partial charge in [-0.05, 0) is 31.2 Å². The van der Waals surface area contributed by atoms with Crippen molar-refractivity contribution in [3.8, 4) is 0 Å². The Balaban J connectivity index is 0.00000361. The normalized spacial score (nSPS) is 9.60. The van der Waals surface area contributed by atoms with Crippen molar-refractivity contribution in [2.75, 3.05) is 26.0 Å². The molecule has 1 rings (SSSR count). The van der Waals surface area contributed by atoms with Crippen LogP contribution < -0.4 is 11.1 Å². The Hall–Kier alpha value is -1.30. The first-order chi connectivity index (χ1) is 8.95. The second-order valence-electron chi connectivity index (χ2n) is 4.33. The molecule has 0 spiro atoms. The van der Waals surface area contributed by atoms with Gasteiger partial charge in [0.05, 0.1) is 10.6 Å². The van der Waals surface area contributed by atoms with Gasteiger partial charge in [-0.3, -0.25) is 9.59 Å². The molecule has 0 unspecified atom stereocenters. The molecule has 0 aliphatic heterocycles. The van der Waals surface area contributed by atoms with Crippen molar-refractivity contribution >= 4 is 41.5 Å². The molecule has 3 N–H and O–H groups in total. The molecule has 0 saturated carbocycles. The minimum absolute atomic E-state index is 0. The number of hydrogen-bond donors (Lipinski definition) is 2. The van der Waals surface area contributed by atoms with E-state index in [1.807, 2.05) is 0 Å². The monoisotopic (exact) mass is 319 g/mol. The Labute approximate surface area is 129 Å². The molecule has 0 saturated heterocycles. The van der Waals surface area contributed by atoms with Crippen molar-refractivity contribution in [1.29, 1.82) is 0 Å². The molecule has 0 aliphatic carbocycles. The topological polar surface area (TPSA) is 75.4 Å². The number of nitrogens with zero attached hydrogens (tertiary/aromatic N) is 1. The zero-order valence-corrected chi connectivity index (χ0v) is 13.1. The largest absolute Gasteiger partial charge is 0.345 e. The summed E-state index contributed by atoms with van der Waals surface area (Å²) in [6.07, 6.45) is 0.985. The van der Waals surface area contributed by atoms with Gasteiger partial charge in [0.2, 0.25) is 5.91 Å². The highest BCUT2D eigenvalue weighted by Crippen LogP contribution is 2.21. The number of anilines is 1. The number of amides is 2. The van der Waals surface area contributed by atoms with E-state index in [1.165, 1.54) is 4.90 Å². The van der Waals surface area contributed by atoms with Gasteiger partial charge < -0.3 is 16.0 Å². The fraction of sp³-hybridized carbons (Fsp3) is 0.385. The molecule has 1 aromatic rings. The summed E-state index contributed by atoms with van der Waals surface area (Å²) in [4.78, 5) is 24.9. The summed E-state index contributed by atoms with van der Waals surface area (Å²) < 4.78 is 0. The Bertz CT molecular complexity index is 479. The Morgan fingerprint density at radius 3 is 2.55 bits per heavy atom. The second-order valence-corrected chi connectivity index (χ2v) is 4.74. The van der Waals surface area contributed by atoms with E-state index in [-0.39, 0.29) is 24.2 Å². The molecule has 112 valence electrons. The zero-order chi connectivity index (χ0) is 14.4. The fourth-order valence-corrected chi connectivity index (χ4v) is 1.69. The molecule has 5 nitrogen and oxygen atoms in total. The van der Waals surface area contributed by atoms with Crippen LogP contribution in [-0.4, -0.2) is 37.4 Å². The maximum atomic E-state index is 11.9. The lowest BCUT2D eigenvalue weighted by molar-refractivity contribution is -0.116. The van der Waals surface area contributed by atoms with Crippen molar-refractivity contribution < 1.29 is 9.59 Å². The second kappa shape index (κ2) is 8.79. The maximum Gasteiger partial charge on any atom is 0.254 e. The first-order valence-electron chi connectivity index (χ1n) is 5.97. The third-order valence-corrected chi connectivity index (χ3v) is 2.82. The Morgan fingerprint density at radius 1 is 1.35 bits per heavy atom. The molecule has 20 heavy (non-hydrogen) atoms. The minimum Gasteiger partial charge on any atom is -0.345 e. The molecule has 7 heteroatoms. The van der Waals surface area contributed by atoms with E-state index in [0.29, 0.717) is 35.7 Å². The van der Waals surface area contributed by atoms with Crippen LogP contribution in [0, 0.1) is 0 Å². The van der Waals surface area contributed by atoms with Gasteiger partial charge in [0, 0.05) is 26.2 Å². The highest BCUT2D eigenvalue weighted by atomic mass is 35.5. The van der Waals surface area contributed by atoms with Gasteiger partial charge in [-0.2, -0.15) is 0 Å². The maximum absolute atomic E-state index is 11.9. The molecular weight excluding hydrogens is 301 g/mol. The van der Waals surface area contributed by atoms with Crippen LogP contribution in [0.25, 0.3) is 0 Å². The van der Waals surface area contributed by atoms with Crippen LogP contribution in [0.3, 0.4) is 0 Å². The Morgan fingerprint density at radius 2 is 2.00 bits per heavy atom. The van der Waals surface area contributed by atoms with Gasteiger partial charge in [-0.1, -0.05) is 11.6 Å². The van der Waals surface area contributed by atoms with Crippen molar-refractivity contribution in [2.45, 2.75) is 12.8 Å². The molecule has 0 atom stereocenters. The third kappa shape index (κ3) is 5.36. The lowest BCUT2D eigenvalue weighted by Crippen LogP contribution is -2.22. The molecule has 1 aromatic carbocycles. The third-order valence-electron chi connectivity index (χ3n) is 2.49. The van der Waals surface area contributed by atoms with Crippen LogP contribution in [0.4, 0.5) is 5.69 Å². The van der Waals surface area contributed by atoms with Gasteiger partial charge in [0.25, 0.3) is 5.91 Å². The molecule has 0 aliphatic rings. The van der Waals surface area contributed by atoms with Crippen LogP contribution in [0.1, 0.15) is 23.2 Å². The number of rotatable bonds is 5. The van der Waals surface area contributed by atoms with Crippen molar-refractivity contribution in [3.05, 3.63) is 28.8 Å². The molecular formula is C13H19Cl2N3O2. The highest BCUT2D eigenvalue weighted by molar-refractivity contribution is 6.34. The molecule has 0 fully saturated rings. The van der Waals surface area contributed by atoms with E-state index >= 15 is 0 Å². The number of halogens is 2.